The van der Waals surface area contributed by atoms with Crippen LogP contribution in [0.5, 0.6) is 0 Å². The van der Waals surface area contributed by atoms with E-state index in [1.54, 1.807) is 0 Å². The molecule has 15 heavy (non-hydrogen) atoms. The van der Waals surface area contributed by atoms with Crippen LogP contribution in [0, 0.1) is 0 Å². The highest BCUT2D eigenvalue weighted by atomic mass is 16.6. The average molecular weight is 203 g/mol. The van der Waals surface area contributed by atoms with E-state index in [9.17, 15) is 4.79 Å². The highest BCUT2D eigenvalue weighted by molar-refractivity contribution is 5.84. The van der Waals surface area contributed by atoms with Crippen molar-refractivity contribution >= 4 is 5.91 Å². The molecular weight excluding hydrogens is 190 g/mol. The van der Waals surface area contributed by atoms with Crippen LogP contribution in [0.15, 0.2) is 30.3 Å². The van der Waals surface area contributed by atoms with Gasteiger partial charge >= 0.3 is 0 Å². The van der Waals surface area contributed by atoms with Gasteiger partial charge in [0.2, 0.25) is 0 Å². The largest absolute Gasteiger partial charge is 0.363 e. The molecule has 1 unspecified atom stereocenters. The molecule has 1 heterocycles. The molecule has 78 valence electrons. The molecule has 1 saturated heterocycles. The van der Waals surface area contributed by atoms with Crippen molar-refractivity contribution in [3.63, 3.8) is 0 Å². The molecule has 1 saturated carbocycles. The Labute approximate surface area is 88.4 Å². The molecule has 1 aromatic carbocycles. The summed E-state index contributed by atoms with van der Waals surface area (Å²) >= 11 is 0. The molecule has 1 amide bonds. The third kappa shape index (κ3) is 1.63. The summed E-state index contributed by atoms with van der Waals surface area (Å²) in [6.07, 6.45) is 1.89. The summed E-state index contributed by atoms with van der Waals surface area (Å²) in [5.74, 6) is 0.0383. The van der Waals surface area contributed by atoms with Crippen molar-refractivity contribution in [2.45, 2.75) is 24.5 Å². The van der Waals surface area contributed by atoms with Gasteiger partial charge in [-0.25, -0.2) is 0 Å². The van der Waals surface area contributed by atoms with Crippen LogP contribution in [0.3, 0.4) is 0 Å². The highest BCUT2D eigenvalue weighted by Crippen LogP contribution is 2.45. The van der Waals surface area contributed by atoms with E-state index in [0.29, 0.717) is 6.61 Å². The summed E-state index contributed by atoms with van der Waals surface area (Å²) in [7, 11) is 0. The predicted molar refractivity (Wildman–Crippen MR) is 55.2 cm³/mol. The van der Waals surface area contributed by atoms with Crippen LogP contribution in [0.4, 0.5) is 0 Å². The Bertz CT molecular complexity index is 380. The van der Waals surface area contributed by atoms with Crippen molar-refractivity contribution in [3.05, 3.63) is 35.9 Å². The van der Waals surface area contributed by atoms with Crippen LogP contribution in [0.1, 0.15) is 18.4 Å². The Morgan fingerprint density at radius 3 is 2.53 bits per heavy atom. The lowest BCUT2D eigenvalue weighted by Gasteiger charge is -2.17. The van der Waals surface area contributed by atoms with Gasteiger partial charge in [0, 0.05) is 0 Å². The first kappa shape index (κ1) is 8.92. The number of carbonyl (C=O) groups is 1. The molecule has 1 atom stereocenters. The highest BCUT2D eigenvalue weighted by Gasteiger charge is 2.47. The van der Waals surface area contributed by atoms with Gasteiger partial charge in [0.15, 0.2) is 6.10 Å². The smallest absolute Gasteiger partial charge is 0.252 e. The van der Waals surface area contributed by atoms with E-state index in [1.807, 2.05) is 18.2 Å². The minimum absolute atomic E-state index is 0.0383. The molecule has 2 fully saturated rings. The molecule has 2 aliphatic rings. The predicted octanol–water partition coefficient (Wildman–Crippen LogP) is 1.19. The van der Waals surface area contributed by atoms with Gasteiger partial charge in [0.1, 0.15) is 0 Å². The second-order valence-corrected chi connectivity index (χ2v) is 4.26. The van der Waals surface area contributed by atoms with Crippen molar-refractivity contribution in [2.75, 3.05) is 6.61 Å². The van der Waals surface area contributed by atoms with Gasteiger partial charge in [-0.3, -0.25) is 4.79 Å². The number of epoxide rings is 1. The average Bonchev–Trinajstić information content (AvgIpc) is 3.14. The van der Waals surface area contributed by atoms with E-state index in [-0.39, 0.29) is 17.6 Å². The molecule has 3 heteroatoms. The first-order valence-electron chi connectivity index (χ1n) is 5.29. The quantitative estimate of drug-likeness (QED) is 0.750. The Morgan fingerprint density at radius 1 is 1.33 bits per heavy atom. The summed E-state index contributed by atoms with van der Waals surface area (Å²) in [4.78, 5) is 11.6. The molecule has 0 spiro atoms. The number of amides is 1. The Morgan fingerprint density at radius 2 is 2.00 bits per heavy atom. The zero-order chi connectivity index (χ0) is 10.3. The number of carbonyl (C=O) groups excluding carboxylic acids is 1. The van der Waals surface area contributed by atoms with E-state index in [0.717, 1.165) is 12.8 Å². The van der Waals surface area contributed by atoms with Crippen LogP contribution in [0.25, 0.3) is 0 Å². The van der Waals surface area contributed by atoms with Crippen LogP contribution in [-0.4, -0.2) is 18.6 Å². The minimum Gasteiger partial charge on any atom is -0.363 e. The molecule has 0 aromatic heterocycles. The van der Waals surface area contributed by atoms with Gasteiger partial charge in [0.25, 0.3) is 5.91 Å². The van der Waals surface area contributed by atoms with E-state index in [4.69, 9.17) is 4.74 Å². The lowest BCUT2D eigenvalue weighted by Crippen LogP contribution is -2.37. The second kappa shape index (κ2) is 3.07. The topological polar surface area (TPSA) is 41.6 Å². The summed E-state index contributed by atoms with van der Waals surface area (Å²) in [6, 6.07) is 10.2. The number of benzene rings is 1. The molecule has 1 N–H and O–H groups in total. The van der Waals surface area contributed by atoms with E-state index in [2.05, 4.69) is 17.4 Å². The normalized spacial score (nSPS) is 25.7. The van der Waals surface area contributed by atoms with Gasteiger partial charge < -0.3 is 10.1 Å². The molecular formula is C12H13NO2. The Kier molecular flexibility index (Phi) is 1.83. The molecule has 1 aliphatic carbocycles. The van der Waals surface area contributed by atoms with E-state index < -0.39 is 0 Å². The maximum absolute atomic E-state index is 11.6. The maximum atomic E-state index is 11.6. The van der Waals surface area contributed by atoms with Crippen LogP contribution in [0.2, 0.25) is 0 Å². The van der Waals surface area contributed by atoms with Gasteiger partial charge in [-0.15, -0.1) is 0 Å². The minimum atomic E-state index is -0.189. The number of nitrogens with one attached hydrogen (secondary N) is 1. The monoisotopic (exact) mass is 203 g/mol. The fourth-order valence-electron chi connectivity index (χ4n) is 1.88. The van der Waals surface area contributed by atoms with Gasteiger partial charge in [-0.1, -0.05) is 30.3 Å². The number of ether oxygens (including phenoxy) is 1. The Hall–Kier alpha value is -1.35. The molecule has 1 aliphatic heterocycles. The SMILES string of the molecule is O=C(NC1(c2ccccc2)CC1)C1CO1. The van der Waals surface area contributed by atoms with Crippen molar-refractivity contribution < 1.29 is 9.53 Å². The van der Waals surface area contributed by atoms with E-state index in [1.165, 1.54) is 5.56 Å². The number of hydrogen-bond donors (Lipinski definition) is 1. The third-order valence-electron chi connectivity index (χ3n) is 3.06. The lowest BCUT2D eigenvalue weighted by atomic mass is 10.1. The summed E-state index contributed by atoms with van der Waals surface area (Å²) in [5.41, 5.74) is 1.11. The fourth-order valence-corrected chi connectivity index (χ4v) is 1.88. The van der Waals surface area contributed by atoms with Crippen LogP contribution in [-0.2, 0) is 15.1 Å². The molecule has 1 aromatic rings. The molecule has 0 bridgehead atoms. The molecule has 3 rings (SSSR count). The van der Waals surface area contributed by atoms with Gasteiger partial charge in [0.05, 0.1) is 12.1 Å². The maximum Gasteiger partial charge on any atom is 0.252 e. The van der Waals surface area contributed by atoms with Crippen molar-refractivity contribution in [3.8, 4) is 0 Å². The zero-order valence-corrected chi connectivity index (χ0v) is 8.40. The zero-order valence-electron chi connectivity index (χ0n) is 8.40. The summed E-state index contributed by atoms with van der Waals surface area (Å²) < 4.78 is 4.97. The second-order valence-electron chi connectivity index (χ2n) is 4.26. The van der Waals surface area contributed by atoms with Crippen molar-refractivity contribution in [1.82, 2.24) is 5.32 Å². The van der Waals surface area contributed by atoms with Crippen molar-refractivity contribution in [1.29, 1.82) is 0 Å². The van der Waals surface area contributed by atoms with E-state index >= 15 is 0 Å². The first-order valence-corrected chi connectivity index (χ1v) is 5.29. The van der Waals surface area contributed by atoms with Gasteiger partial charge in [-0.05, 0) is 18.4 Å². The number of rotatable bonds is 3. The third-order valence-corrected chi connectivity index (χ3v) is 3.06. The molecule has 3 nitrogen and oxygen atoms in total. The summed E-state index contributed by atoms with van der Waals surface area (Å²) in [5, 5.41) is 3.08. The number of hydrogen-bond acceptors (Lipinski definition) is 2. The van der Waals surface area contributed by atoms with Gasteiger partial charge in [-0.2, -0.15) is 0 Å². The van der Waals surface area contributed by atoms with Crippen molar-refractivity contribution in [2.24, 2.45) is 0 Å². The first-order chi connectivity index (χ1) is 7.30. The lowest BCUT2D eigenvalue weighted by molar-refractivity contribution is -0.123. The summed E-state index contributed by atoms with van der Waals surface area (Å²) in [6.45, 7) is 0.580. The molecule has 0 radical (unpaired) electrons. The fraction of sp³-hybridized carbons (Fsp3) is 0.417. The standard InChI is InChI=1S/C12H13NO2/c14-11(10-8-15-10)13-12(6-7-12)9-4-2-1-3-5-9/h1-5,10H,6-8H2,(H,13,14). The Balaban J connectivity index is 1.76. The van der Waals surface area contributed by atoms with Crippen LogP contribution < -0.4 is 5.32 Å². The van der Waals surface area contributed by atoms with Crippen LogP contribution >= 0.6 is 0 Å².